The second-order valence-corrected chi connectivity index (χ2v) is 4.69. The molecular formula is C14H17N3O. The third-order valence-corrected chi connectivity index (χ3v) is 3.35. The summed E-state index contributed by atoms with van der Waals surface area (Å²) in [6.07, 6.45) is 0. The number of piperazine rings is 1. The fourth-order valence-corrected chi connectivity index (χ4v) is 2.19. The topological polar surface area (TPSA) is 56.1 Å². The van der Waals surface area contributed by atoms with Gasteiger partial charge < -0.3 is 10.2 Å². The second-order valence-electron chi connectivity index (χ2n) is 4.69. The molecule has 4 heteroatoms. The van der Waals surface area contributed by atoms with Crippen molar-refractivity contribution in [2.45, 2.75) is 26.4 Å². The summed E-state index contributed by atoms with van der Waals surface area (Å²) < 4.78 is 0. The Morgan fingerprint density at radius 1 is 1.56 bits per heavy atom. The fraction of sp³-hybridized carbons (Fsp3) is 0.429. The Kier molecular flexibility index (Phi) is 3.63. The van der Waals surface area contributed by atoms with E-state index < -0.39 is 0 Å². The maximum absolute atomic E-state index is 12.0. The van der Waals surface area contributed by atoms with Crippen molar-refractivity contribution < 1.29 is 4.79 Å². The summed E-state index contributed by atoms with van der Waals surface area (Å²) >= 11 is 0. The lowest BCUT2D eigenvalue weighted by Gasteiger charge is -2.32. The minimum absolute atomic E-state index is 0.0996. The number of benzene rings is 1. The number of hydrogen-bond acceptors (Lipinski definition) is 3. The average molecular weight is 243 g/mol. The lowest BCUT2D eigenvalue weighted by molar-refractivity contribution is -0.135. The zero-order valence-corrected chi connectivity index (χ0v) is 10.7. The molecule has 2 rings (SSSR count). The molecule has 0 aromatic heterocycles. The van der Waals surface area contributed by atoms with Crippen LogP contribution in [0.5, 0.6) is 0 Å². The van der Waals surface area contributed by atoms with Crippen molar-refractivity contribution in [3.05, 3.63) is 34.9 Å². The van der Waals surface area contributed by atoms with Crippen molar-refractivity contribution in [2.75, 3.05) is 13.1 Å². The number of carbonyl (C=O) groups is 1. The lowest BCUT2D eigenvalue weighted by atomic mass is 10.0. The van der Waals surface area contributed by atoms with Gasteiger partial charge in [0.2, 0.25) is 5.91 Å². The zero-order valence-electron chi connectivity index (χ0n) is 10.7. The van der Waals surface area contributed by atoms with Gasteiger partial charge in [0.15, 0.2) is 0 Å². The highest BCUT2D eigenvalue weighted by atomic mass is 16.2. The number of carbonyl (C=O) groups excluding carboxylic acids is 1. The van der Waals surface area contributed by atoms with Crippen LogP contribution < -0.4 is 5.32 Å². The standard InChI is InChI=1S/C14H17N3O/c1-10-7-12(8-15)3-4-13(10)9-17-6-5-16-11(2)14(17)18/h3-4,7,11,16H,5-6,9H2,1-2H3. The van der Waals surface area contributed by atoms with Crippen molar-refractivity contribution in [3.8, 4) is 6.07 Å². The molecule has 4 nitrogen and oxygen atoms in total. The highest BCUT2D eigenvalue weighted by Crippen LogP contribution is 2.14. The summed E-state index contributed by atoms with van der Waals surface area (Å²) in [5.41, 5.74) is 2.83. The van der Waals surface area contributed by atoms with Crippen molar-refractivity contribution in [1.82, 2.24) is 10.2 Å². The molecule has 1 saturated heterocycles. The van der Waals surface area contributed by atoms with E-state index in [1.807, 2.05) is 30.9 Å². The van der Waals surface area contributed by atoms with Crippen LogP contribution in [0.25, 0.3) is 0 Å². The summed E-state index contributed by atoms with van der Waals surface area (Å²) in [7, 11) is 0. The quantitative estimate of drug-likeness (QED) is 0.848. The van der Waals surface area contributed by atoms with Gasteiger partial charge in [-0.05, 0) is 37.1 Å². The predicted octanol–water partition coefficient (Wildman–Crippen LogP) is 1.19. The zero-order chi connectivity index (χ0) is 13.1. The normalized spacial score (nSPS) is 19.7. The molecule has 1 aromatic rings. The molecule has 1 fully saturated rings. The minimum atomic E-state index is -0.0996. The molecule has 18 heavy (non-hydrogen) atoms. The van der Waals surface area contributed by atoms with E-state index >= 15 is 0 Å². The van der Waals surface area contributed by atoms with Crippen LogP contribution in [0, 0.1) is 18.3 Å². The first-order valence-corrected chi connectivity index (χ1v) is 6.13. The summed E-state index contributed by atoms with van der Waals surface area (Å²) in [6, 6.07) is 7.63. The maximum Gasteiger partial charge on any atom is 0.239 e. The molecule has 0 saturated carbocycles. The van der Waals surface area contributed by atoms with Gasteiger partial charge in [-0.2, -0.15) is 5.26 Å². The van der Waals surface area contributed by atoms with E-state index in [9.17, 15) is 4.79 Å². The monoisotopic (exact) mass is 243 g/mol. The van der Waals surface area contributed by atoms with E-state index in [1.54, 1.807) is 6.07 Å². The molecule has 1 N–H and O–H groups in total. The van der Waals surface area contributed by atoms with Crippen molar-refractivity contribution in [1.29, 1.82) is 5.26 Å². The molecule has 0 spiro atoms. The average Bonchev–Trinajstić information content (AvgIpc) is 2.37. The highest BCUT2D eigenvalue weighted by molar-refractivity contribution is 5.82. The smallest absolute Gasteiger partial charge is 0.239 e. The van der Waals surface area contributed by atoms with Crippen LogP contribution in [-0.2, 0) is 11.3 Å². The lowest BCUT2D eigenvalue weighted by Crippen LogP contribution is -2.53. The van der Waals surface area contributed by atoms with E-state index in [0.29, 0.717) is 12.1 Å². The maximum atomic E-state index is 12.0. The molecule has 1 heterocycles. The van der Waals surface area contributed by atoms with Crippen LogP contribution in [0.15, 0.2) is 18.2 Å². The van der Waals surface area contributed by atoms with Gasteiger partial charge in [0.1, 0.15) is 0 Å². The fourth-order valence-electron chi connectivity index (χ4n) is 2.19. The molecule has 1 aliphatic rings. The van der Waals surface area contributed by atoms with E-state index in [-0.39, 0.29) is 11.9 Å². The number of nitrogens with zero attached hydrogens (tertiary/aromatic N) is 2. The minimum Gasteiger partial charge on any atom is -0.336 e. The molecule has 1 amide bonds. The van der Waals surface area contributed by atoms with Gasteiger partial charge in [-0.25, -0.2) is 0 Å². The summed E-state index contributed by atoms with van der Waals surface area (Å²) in [5.74, 6) is 0.144. The van der Waals surface area contributed by atoms with Gasteiger partial charge in [-0.15, -0.1) is 0 Å². The Morgan fingerprint density at radius 3 is 3.00 bits per heavy atom. The van der Waals surface area contributed by atoms with Gasteiger partial charge in [0.05, 0.1) is 17.7 Å². The number of amides is 1. The summed E-state index contributed by atoms with van der Waals surface area (Å²) in [5, 5.41) is 12.0. The van der Waals surface area contributed by atoms with Crippen molar-refractivity contribution >= 4 is 5.91 Å². The first-order valence-electron chi connectivity index (χ1n) is 6.13. The highest BCUT2D eigenvalue weighted by Gasteiger charge is 2.24. The first kappa shape index (κ1) is 12.6. The van der Waals surface area contributed by atoms with Crippen LogP contribution in [0.1, 0.15) is 23.6 Å². The van der Waals surface area contributed by atoms with Crippen LogP contribution in [0.2, 0.25) is 0 Å². The number of nitriles is 1. The predicted molar refractivity (Wildman–Crippen MR) is 68.8 cm³/mol. The Bertz CT molecular complexity index is 504. The van der Waals surface area contributed by atoms with E-state index in [1.165, 1.54) is 0 Å². The van der Waals surface area contributed by atoms with E-state index in [4.69, 9.17) is 5.26 Å². The molecule has 0 aliphatic carbocycles. The SMILES string of the molecule is Cc1cc(C#N)ccc1CN1CCNC(C)C1=O. The third kappa shape index (κ3) is 2.52. The van der Waals surface area contributed by atoms with Gasteiger partial charge in [-0.1, -0.05) is 6.07 Å². The number of aryl methyl sites for hydroxylation is 1. The number of rotatable bonds is 2. The molecule has 1 aliphatic heterocycles. The largest absolute Gasteiger partial charge is 0.336 e. The molecular weight excluding hydrogens is 226 g/mol. The Morgan fingerprint density at radius 2 is 2.33 bits per heavy atom. The molecule has 1 aromatic carbocycles. The molecule has 0 radical (unpaired) electrons. The Balaban J connectivity index is 2.14. The summed E-state index contributed by atoms with van der Waals surface area (Å²) in [4.78, 5) is 13.8. The van der Waals surface area contributed by atoms with Crippen LogP contribution in [0.3, 0.4) is 0 Å². The second kappa shape index (κ2) is 5.19. The number of nitrogens with one attached hydrogen (secondary N) is 1. The Hall–Kier alpha value is -1.86. The third-order valence-electron chi connectivity index (χ3n) is 3.35. The van der Waals surface area contributed by atoms with Gasteiger partial charge in [0, 0.05) is 19.6 Å². The molecule has 0 bridgehead atoms. The number of hydrogen-bond donors (Lipinski definition) is 1. The van der Waals surface area contributed by atoms with Gasteiger partial charge in [-0.3, -0.25) is 4.79 Å². The van der Waals surface area contributed by atoms with E-state index in [2.05, 4.69) is 11.4 Å². The molecule has 1 unspecified atom stereocenters. The van der Waals surface area contributed by atoms with Crippen LogP contribution >= 0.6 is 0 Å². The van der Waals surface area contributed by atoms with Gasteiger partial charge in [0.25, 0.3) is 0 Å². The molecule has 1 atom stereocenters. The first-order chi connectivity index (χ1) is 8.61. The Labute approximate surface area is 107 Å². The van der Waals surface area contributed by atoms with Crippen molar-refractivity contribution in [2.24, 2.45) is 0 Å². The van der Waals surface area contributed by atoms with E-state index in [0.717, 1.165) is 24.2 Å². The van der Waals surface area contributed by atoms with Crippen molar-refractivity contribution in [3.63, 3.8) is 0 Å². The van der Waals surface area contributed by atoms with Crippen LogP contribution in [0.4, 0.5) is 0 Å². The molecule has 94 valence electrons. The summed E-state index contributed by atoms with van der Waals surface area (Å²) in [6.45, 7) is 6.07. The van der Waals surface area contributed by atoms with Crippen LogP contribution in [-0.4, -0.2) is 29.9 Å². The van der Waals surface area contributed by atoms with Gasteiger partial charge >= 0.3 is 0 Å².